The van der Waals surface area contributed by atoms with Gasteiger partial charge in [0, 0.05) is 12.0 Å². The summed E-state index contributed by atoms with van der Waals surface area (Å²) in [6, 6.07) is 15.6. The molecule has 3 amide bonds. The van der Waals surface area contributed by atoms with Gasteiger partial charge in [0.15, 0.2) is 0 Å². The zero-order valence-corrected chi connectivity index (χ0v) is 19.0. The van der Waals surface area contributed by atoms with Gasteiger partial charge in [-0.1, -0.05) is 60.7 Å². The second kappa shape index (κ2) is 10.9. The van der Waals surface area contributed by atoms with Crippen molar-refractivity contribution >= 4 is 23.9 Å². The molecule has 2 unspecified atom stereocenters. The van der Waals surface area contributed by atoms with E-state index >= 15 is 0 Å². The van der Waals surface area contributed by atoms with Gasteiger partial charge in [0.1, 0.15) is 13.2 Å². The molecule has 2 atom stereocenters. The number of nitrogens with one attached hydrogen (secondary N) is 3. The zero-order valence-electron chi connectivity index (χ0n) is 19.0. The lowest BCUT2D eigenvalue weighted by Crippen LogP contribution is -2.45. The van der Waals surface area contributed by atoms with Gasteiger partial charge in [-0.25, -0.2) is 4.79 Å². The van der Waals surface area contributed by atoms with Crippen LogP contribution in [0.1, 0.15) is 29.9 Å². The number of carbonyl (C=O) groups excluding carboxylic acids is 3. The van der Waals surface area contributed by atoms with E-state index < -0.39 is 35.8 Å². The third-order valence-corrected chi connectivity index (χ3v) is 6.21. The van der Waals surface area contributed by atoms with E-state index in [0.717, 1.165) is 22.3 Å². The molecule has 9 heteroatoms. The molecule has 0 heterocycles. The van der Waals surface area contributed by atoms with Crippen molar-refractivity contribution in [3.05, 3.63) is 71.8 Å². The second-order valence-electron chi connectivity index (χ2n) is 8.56. The predicted molar refractivity (Wildman–Crippen MR) is 128 cm³/mol. The molecule has 0 aliphatic heterocycles. The highest BCUT2D eigenvalue weighted by Gasteiger charge is 2.29. The van der Waals surface area contributed by atoms with Crippen molar-refractivity contribution in [2.45, 2.75) is 24.8 Å². The molecule has 4 N–H and O–H groups in total. The standard InChI is InChI=1S/C26H27N3O6/c30-23(27-14-24(31)29-17-7-5-6-16(12-17)25(32)33)13-28-26(34)35-15-22-20-10-3-1-8-18(20)19-9-2-4-11-21(19)22/h1-5,7-11,16-17,22H,6,12-15H2,(H,27,30)(H,28,34)(H,29,31)(H,32,33). The van der Waals surface area contributed by atoms with E-state index in [4.69, 9.17) is 9.84 Å². The SMILES string of the molecule is O=C(CNC(=O)OCC1c2ccccc2-c2ccccc21)NCC(=O)NC1C=CCC(C(=O)O)C1. The number of carbonyl (C=O) groups is 4. The van der Waals surface area contributed by atoms with Gasteiger partial charge in [-0.05, 0) is 35.1 Å². The Bertz CT molecular complexity index is 1120. The first-order chi connectivity index (χ1) is 16.9. The van der Waals surface area contributed by atoms with E-state index in [1.54, 1.807) is 12.2 Å². The lowest BCUT2D eigenvalue weighted by molar-refractivity contribution is -0.142. The summed E-state index contributed by atoms with van der Waals surface area (Å²) in [5.74, 6) is -2.51. The molecule has 9 nitrogen and oxygen atoms in total. The molecular weight excluding hydrogens is 450 g/mol. The Labute approximate surface area is 202 Å². The van der Waals surface area contributed by atoms with E-state index in [1.807, 2.05) is 48.5 Å². The number of benzene rings is 2. The van der Waals surface area contributed by atoms with Crippen molar-refractivity contribution in [1.29, 1.82) is 0 Å². The van der Waals surface area contributed by atoms with E-state index in [9.17, 15) is 19.2 Å². The minimum Gasteiger partial charge on any atom is -0.481 e. The molecule has 0 radical (unpaired) electrons. The van der Waals surface area contributed by atoms with Gasteiger partial charge >= 0.3 is 12.1 Å². The van der Waals surface area contributed by atoms with Crippen molar-refractivity contribution < 1.29 is 29.0 Å². The summed E-state index contributed by atoms with van der Waals surface area (Å²) < 4.78 is 5.38. The molecule has 35 heavy (non-hydrogen) atoms. The second-order valence-corrected chi connectivity index (χ2v) is 8.56. The summed E-state index contributed by atoms with van der Waals surface area (Å²) in [6.45, 7) is -0.488. The lowest BCUT2D eigenvalue weighted by atomic mass is 9.91. The zero-order chi connectivity index (χ0) is 24.8. The smallest absolute Gasteiger partial charge is 0.407 e. The number of ether oxygens (including phenoxy) is 1. The fraction of sp³-hybridized carbons (Fsp3) is 0.308. The van der Waals surface area contributed by atoms with Crippen LogP contribution in [-0.2, 0) is 19.1 Å². The van der Waals surface area contributed by atoms with Crippen molar-refractivity contribution in [2.75, 3.05) is 19.7 Å². The molecule has 4 rings (SSSR count). The van der Waals surface area contributed by atoms with Gasteiger partial charge in [0.2, 0.25) is 11.8 Å². The highest BCUT2D eigenvalue weighted by molar-refractivity contribution is 5.87. The number of hydrogen-bond donors (Lipinski definition) is 4. The molecule has 0 fully saturated rings. The minimum atomic E-state index is -0.902. The number of allylic oxidation sites excluding steroid dienone is 1. The summed E-state index contributed by atoms with van der Waals surface area (Å²) >= 11 is 0. The van der Waals surface area contributed by atoms with E-state index in [2.05, 4.69) is 16.0 Å². The number of hydrogen-bond acceptors (Lipinski definition) is 5. The minimum absolute atomic E-state index is 0.0831. The number of fused-ring (bicyclic) bond motifs is 3. The number of amides is 3. The summed E-state index contributed by atoms with van der Waals surface area (Å²) in [7, 11) is 0. The first-order valence-corrected chi connectivity index (χ1v) is 11.5. The predicted octanol–water partition coefficient (Wildman–Crippen LogP) is 2.18. The maximum Gasteiger partial charge on any atom is 0.407 e. The Balaban J connectivity index is 1.18. The largest absolute Gasteiger partial charge is 0.481 e. The van der Waals surface area contributed by atoms with E-state index in [0.29, 0.717) is 12.8 Å². The maximum absolute atomic E-state index is 12.2. The molecule has 182 valence electrons. The summed E-state index contributed by atoms with van der Waals surface area (Å²) in [6.07, 6.45) is 3.48. The third-order valence-electron chi connectivity index (χ3n) is 6.21. The summed E-state index contributed by atoms with van der Waals surface area (Å²) in [5.41, 5.74) is 4.43. The van der Waals surface area contributed by atoms with E-state index in [1.165, 1.54) is 0 Å². The van der Waals surface area contributed by atoms with Crippen LogP contribution in [0.5, 0.6) is 0 Å². The molecule has 0 spiro atoms. The molecule has 0 saturated heterocycles. The van der Waals surface area contributed by atoms with Crippen molar-refractivity contribution in [3.8, 4) is 11.1 Å². The van der Waals surface area contributed by atoms with Crippen LogP contribution in [0.2, 0.25) is 0 Å². The number of alkyl carbamates (subject to hydrolysis) is 1. The Kier molecular flexibility index (Phi) is 7.45. The fourth-order valence-corrected chi connectivity index (χ4v) is 4.50. The van der Waals surface area contributed by atoms with Crippen LogP contribution in [0.4, 0.5) is 4.79 Å². The monoisotopic (exact) mass is 477 g/mol. The van der Waals surface area contributed by atoms with Crippen molar-refractivity contribution in [1.82, 2.24) is 16.0 Å². The van der Waals surface area contributed by atoms with Gasteiger partial charge in [-0.3, -0.25) is 14.4 Å². The van der Waals surface area contributed by atoms with Crippen molar-refractivity contribution in [3.63, 3.8) is 0 Å². The Morgan fingerprint density at radius 1 is 0.886 bits per heavy atom. The number of rotatable bonds is 8. The highest BCUT2D eigenvalue weighted by Crippen LogP contribution is 2.44. The number of carboxylic acids is 1. The first-order valence-electron chi connectivity index (χ1n) is 11.5. The Morgan fingerprint density at radius 2 is 1.51 bits per heavy atom. The lowest BCUT2D eigenvalue weighted by Gasteiger charge is -2.22. The molecule has 0 bridgehead atoms. The van der Waals surface area contributed by atoms with E-state index in [-0.39, 0.29) is 25.6 Å². The normalized spacial score (nSPS) is 18.2. The quantitative estimate of drug-likeness (QED) is 0.431. The van der Waals surface area contributed by atoms with Gasteiger partial charge in [-0.2, -0.15) is 0 Å². The van der Waals surface area contributed by atoms with Crippen LogP contribution in [-0.4, -0.2) is 54.7 Å². The average molecular weight is 478 g/mol. The molecule has 2 aliphatic rings. The molecule has 0 saturated carbocycles. The fourth-order valence-electron chi connectivity index (χ4n) is 4.50. The Morgan fingerprint density at radius 3 is 2.17 bits per heavy atom. The van der Waals surface area contributed by atoms with Crippen LogP contribution < -0.4 is 16.0 Å². The van der Waals surface area contributed by atoms with Crippen LogP contribution >= 0.6 is 0 Å². The van der Waals surface area contributed by atoms with Crippen molar-refractivity contribution in [2.24, 2.45) is 5.92 Å². The molecule has 2 aromatic rings. The number of carboxylic acid groups (broad SMARTS) is 1. The molecule has 2 aliphatic carbocycles. The molecule has 0 aromatic heterocycles. The molecule has 2 aromatic carbocycles. The average Bonchev–Trinajstić information content (AvgIpc) is 3.19. The topological polar surface area (TPSA) is 134 Å². The van der Waals surface area contributed by atoms with Gasteiger partial charge in [-0.15, -0.1) is 0 Å². The summed E-state index contributed by atoms with van der Waals surface area (Å²) in [5, 5.41) is 16.6. The maximum atomic E-state index is 12.2. The van der Waals surface area contributed by atoms with Gasteiger partial charge in [0.05, 0.1) is 12.5 Å². The van der Waals surface area contributed by atoms with Crippen LogP contribution in [0.15, 0.2) is 60.7 Å². The first kappa shape index (κ1) is 24.0. The summed E-state index contributed by atoms with van der Waals surface area (Å²) in [4.78, 5) is 47.4. The van der Waals surface area contributed by atoms with Crippen LogP contribution in [0, 0.1) is 5.92 Å². The number of aliphatic carboxylic acids is 1. The highest BCUT2D eigenvalue weighted by atomic mass is 16.5. The van der Waals surface area contributed by atoms with Crippen LogP contribution in [0.3, 0.4) is 0 Å². The molecular formula is C26H27N3O6. The third kappa shape index (κ3) is 5.87. The Hall–Kier alpha value is -4.14. The van der Waals surface area contributed by atoms with Gasteiger partial charge in [0.25, 0.3) is 0 Å². The van der Waals surface area contributed by atoms with Gasteiger partial charge < -0.3 is 25.8 Å². The van der Waals surface area contributed by atoms with Crippen LogP contribution in [0.25, 0.3) is 11.1 Å².